The van der Waals surface area contributed by atoms with E-state index in [-0.39, 0.29) is 16.9 Å². The number of para-hydroxylation sites is 1. The molecule has 0 unspecified atom stereocenters. The highest BCUT2D eigenvalue weighted by Gasteiger charge is 2.47. The number of hydrogen-bond acceptors (Lipinski definition) is 2. The van der Waals surface area contributed by atoms with Crippen LogP contribution in [0.4, 0.5) is 0 Å². The van der Waals surface area contributed by atoms with Crippen molar-refractivity contribution >= 4 is 0 Å². The molecule has 0 fully saturated rings. The molecule has 0 aliphatic rings. The fourth-order valence-corrected chi connectivity index (χ4v) is 3.64. The Morgan fingerprint density at radius 3 is 1.78 bits per heavy atom. The van der Waals surface area contributed by atoms with E-state index in [9.17, 15) is 10.2 Å². The number of aromatic hydroxyl groups is 2. The summed E-state index contributed by atoms with van der Waals surface area (Å²) in [6, 6.07) is 5.11. The highest BCUT2D eigenvalue weighted by molar-refractivity contribution is 5.50. The maximum atomic E-state index is 10.5. The van der Waals surface area contributed by atoms with Gasteiger partial charge in [-0.1, -0.05) is 43.4 Å². The van der Waals surface area contributed by atoms with Gasteiger partial charge in [0, 0.05) is 11.0 Å². The SMILES string of the molecule is C=CCC(C)(CC=C)C(CC=C)(CC=C)c1cccc(O)c1O. The van der Waals surface area contributed by atoms with Crippen LogP contribution in [0.5, 0.6) is 11.5 Å². The molecule has 1 aromatic carbocycles. The van der Waals surface area contributed by atoms with Crippen molar-refractivity contribution in [2.45, 2.75) is 38.0 Å². The second kappa shape index (κ2) is 7.87. The Balaban J connectivity index is 3.74. The average Bonchev–Trinajstić information content (AvgIpc) is 2.50. The molecule has 2 heteroatoms. The molecule has 0 heterocycles. The zero-order chi connectivity index (χ0) is 17.5. The quantitative estimate of drug-likeness (QED) is 0.433. The summed E-state index contributed by atoms with van der Waals surface area (Å²) in [5, 5.41) is 20.5. The Bertz CT molecular complexity index is 564. The van der Waals surface area contributed by atoms with Crippen LogP contribution in [0.2, 0.25) is 0 Å². The van der Waals surface area contributed by atoms with Crippen LogP contribution in [-0.4, -0.2) is 10.2 Å². The summed E-state index contributed by atoms with van der Waals surface area (Å²) in [4.78, 5) is 0. The third-order valence-electron chi connectivity index (χ3n) is 4.86. The molecule has 0 aromatic heterocycles. The predicted molar refractivity (Wildman–Crippen MR) is 98.8 cm³/mol. The van der Waals surface area contributed by atoms with E-state index in [1.165, 1.54) is 6.07 Å². The van der Waals surface area contributed by atoms with E-state index in [4.69, 9.17) is 0 Å². The first-order chi connectivity index (χ1) is 10.9. The zero-order valence-corrected chi connectivity index (χ0v) is 14.1. The lowest BCUT2D eigenvalue weighted by Gasteiger charge is -2.49. The van der Waals surface area contributed by atoms with Crippen LogP contribution in [0, 0.1) is 5.41 Å². The lowest BCUT2D eigenvalue weighted by molar-refractivity contribution is 0.138. The molecule has 0 spiro atoms. The molecule has 0 aliphatic carbocycles. The van der Waals surface area contributed by atoms with Gasteiger partial charge in [-0.25, -0.2) is 0 Å². The molecule has 0 radical (unpaired) electrons. The van der Waals surface area contributed by atoms with E-state index in [1.54, 1.807) is 6.07 Å². The van der Waals surface area contributed by atoms with Crippen LogP contribution in [0.15, 0.2) is 68.8 Å². The van der Waals surface area contributed by atoms with Gasteiger partial charge in [-0.15, -0.1) is 26.3 Å². The number of hydrogen-bond donors (Lipinski definition) is 2. The fraction of sp³-hybridized carbons (Fsp3) is 0.333. The molecule has 0 bridgehead atoms. The van der Waals surface area contributed by atoms with E-state index in [0.29, 0.717) is 18.4 Å². The van der Waals surface area contributed by atoms with Crippen molar-refractivity contribution in [3.8, 4) is 11.5 Å². The highest BCUT2D eigenvalue weighted by Crippen LogP contribution is 2.55. The van der Waals surface area contributed by atoms with Gasteiger partial charge < -0.3 is 10.2 Å². The van der Waals surface area contributed by atoms with E-state index in [2.05, 4.69) is 33.2 Å². The van der Waals surface area contributed by atoms with E-state index < -0.39 is 5.41 Å². The van der Waals surface area contributed by atoms with Crippen LogP contribution >= 0.6 is 0 Å². The van der Waals surface area contributed by atoms with Gasteiger partial charge in [0.2, 0.25) is 0 Å². The highest BCUT2D eigenvalue weighted by atomic mass is 16.3. The summed E-state index contributed by atoms with van der Waals surface area (Å²) in [5.41, 5.74) is 0.00905. The van der Waals surface area contributed by atoms with Crippen LogP contribution in [0.25, 0.3) is 0 Å². The number of allylic oxidation sites excluding steroid dienone is 4. The smallest absolute Gasteiger partial charge is 0.161 e. The van der Waals surface area contributed by atoms with Gasteiger partial charge in [-0.3, -0.25) is 0 Å². The van der Waals surface area contributed by atoms with Crippen LogP contribution < -0.4 is 0 Å². The molecule has 2 N–H and O–H groups in total. The van der Waals surface area contributed by atoms with Crippen molar-refractivity contribution in [1.82, 2.24) is 0 Å². The van der Waals surface area contributed by atoms with E-state index in [0.717, 1.165) is 12.8 Å². The maximum Gasteiger partial charge on any atom is 0.161 e. The first kappa shape index (κ1) is 18.8. The summed E-state index contributed by atoms with van der Waals surface area (Å²) < 4.78 is 0. The molecule has 0 saturated carbocycles. The zero-order valence-electron chi connectivity index (χ0n) is 14.1. The minimum Gasteiger partial charge on any atom is -0.504 e. The monoisotopic (exact) mass is 312 g/mol. The van der Waals surface area contributed by atoms with Crippen molar-refractivity contribution < 1.29 is 10.2 Å². The summed E-state index contributed by atoms with van der Waals surface area (Å²) in [7, 11) is 0. The first-order valence-corrected chi connectivity index (χ1v) is 7.87. The standard InChI is InChI=1S/C21H28O2/c1-6-13-20(5,14-7-2)21(15-8-3,16-9-4)17-11-10-12-18(22)19(17)23/h6-12,22-23H,1-4,13-16H2,5H3. The average molecular weight is 312 g/mol. The predicted octanol–water partition coefficient (Wildman–Crippen LogP) is 5.65. The Kier molecular flexibility index (Phi) is 6.44. The number of phenolic OH excluding ortho intramolecular Hbond substituents is 2. The molecule has 0 saturated heterocycles. The van der Waals surface area contributed by atoms with Gasteiger partial charge in [0.15, 0.2) is 11.5 Å². The van der Waals surface area contributed by atoms with Gasteiger partial charge in [0.1, 0.15) is 0 Å². The molecule has 1 rings (SSSR count). The van der Waals surface area contributed by atoms with E-state index >= 15 is 0 Å². The second-order valence-electron chi connectivity index (χ2n) is 6.29. The molecule has 23 heavy (non-hydrogen) atoms. The molecule has 0 atom stereocenters. The van der Waals surface area contributed by atoms with Crippen molar-refractivity contribution in [2.24, 2.45) is 5.41 Å². The first-order valence-electron chi connectivity index (χ1n) is 7.87. The lowest BCUT2D eigenvalue weighted by Crippen LogP contribution is -2.43. The Labute approximate surface area is 140 Å². The maximum absolute atomic E-state index is 10.5. The molecular formula is C21H28O2. The van der Waals surface area contributed by atoms with Gasteiger partial charge in [0.25, 0.3) is 0 Å². The van der Waals surface area contributed by atoms with E-state index in [1.807, 2.05) is 30.4 Å². The Morgan fingerprint density at radius 1 is 0.870 bits per heavy atom. The summed E-state index contributed by atoms with van der Waals surface area (Å²) >= 11 is 0. The normalized spacial score (nSPS) is 11.7. The molecular weight excluding hydrogens is 284 g/mol. The number of rotatable bonds is 10. The minimum absolute atomic E-state index is 0.0736. The van der Waals surface area contributed by atoms with Crippen molar-refractivity contribution in [3.63, 3.8) is 0 Å². The second-order valence-corrected chi connectivity index (χ2v) is 6.29. The van der Waals surface area contributed by atoms with Crippen molar-refractivity contribution in [1.29, 1.82) is 0 Å². The van der Waals surface area contributed by atoms with Gasteiger partial charge in [-0.2, -0.15) is 0 Å². The molecule has 124 valence electrons. The summed E-state index contributed by atoms with van der Waals surface area (Å²) in [6.45, 7) is 17.8. The van der Waals surface area contributed by atoms with Crippen LogP contribution in [-0.2, 0) is 5.41 Å². The van der Waals surface area contributed by atoms with Crippen LogP contribution in [0.3, 0.4) is 0 Å². The topological polar surface area (TPSA) is 40.5 Å². The third-order valence-corrected chi connectivity index (χ3v) is 4.86. The Morgan fingerprint density at radius 2 is 1.35 bits per heavy atom. The van der Waals surface area contributed by atoms with Gasteiger partial charge in [0.05, 0.1) is 0 Å². The largest absolute Gasteiger partial charge is 0.504 e. The third kappa shape index (κ3) is 3.42. The van der Waals surface area contributed by atoms with Crippen molar-refractivity contribution in [3.05, 3.63) is 74.4 Å². The summed E-state index contributed by atoms with van der Waals surface area (Å²) in [5.74, 6) is -0.185. The fourth-order valence-electron chi connectivity index (χ4n) is 3.64. The van der Waals surface area contributed by atoms with Gasteiger partial charge >= 0.3 is 0 Å². The molecule has 2 nitrogen and oxygen atoms in total. The number of benzene rings is 1. The minimum atomic E-state index is -0.457. The van der Waals surface area contributed by atoms with Gasteiger partial charge in [-0.05, 0) is 37.2 Å². The molecule has 1 aromatic rings. The molecule has 0 aliphatic heterocycles. The summed E-state index contributed by atoms with van der Waals surface area (Å²) in [6.07, 6.45) is 10.3. The lowest BCUT2D eigenvalue weighted by atomic mass is 9.54. The van der Waals surface area contributed by atoms with Crippen molar-refractivity contribution in [2.75, 3.05) is 0 Å². The van der Waals surface area contributed by atoms with Crippen LogP contribution in [0.1, 0.15) is 38.2 Å². The molecule has 0 amide bonds. The Hall–Kier alpha value is -2.22. The number of phenols is 2.